The lowest BCUT2D eigenvalue weighted by Crippen LogP contribution is -2.26. The Morgan fingerprint density at radius 3 is 2.40 bits per heavy atom. The second-order valence-electron chi connectivity index (χ2n) is 7.10. The van der Waals surface area contributed by atoms with E-state index in [0.29, 0.717) is 5.69 Å². The van der Waals surface area contributed by atoms with E-state index < -0.39 is 39.1 Å². The number of benzene rings is 3. The number of carbonyl (C=O) groups is 2. The number of carbonyl (C=O) groups excluding carboxylic acids is 2. The van der Waals surface area contributed by atoms with E-state index in [2.05, 4.69) is 5.32 Å². The van der Waals surface area contributed by atoms with Crippen LogP contribution >= 0.6 is 0 Å². The summed E-state index contributed by atoms with van der Waals surface area (Å²) < 4.78 is 36.9. The molecule has 3 aromatic carbocycles. The van der Waals surface area contributed by atoms with Crippen molar-refractivity contribution < 1.29 is 32.4 Å². The van der Waals surface area contributed by atoms with Crippen LogP contribution < -0.4 is 14.4 Å². The van der Waals surface area contributed by atoms with Crippen molar-refractivity contribution in [2.24, 2.45) is 0 Å². The number of anilines is 2. The molecule has 1 N–H and O–H groups in total. The van der Waals surface area contributed by atoms with Gasteiger partial charge in [0.1, 0.15) is 11.4 Å². The summed E-state index contributed by atoms with van der Waals surface area (Å²) >= 11 is 0. The van der Waals surface area contributed by atoms with Gasteiger partial charge in [0, 0.05) is 7.05 Å². The normalized spacial score (nSPS) is 10.8. The lowest BCUT2D eigenvalue weighted by atomic mass is 10.2. The van der Waals surface area contributed by atoms with Crippen molar-refractivity contribution in [1.82, 2.24) is 0 Å². The van der Waals surface area contributed by atoms with Crippen LogP contribution in [0.25, 0.3) is 0 Å². The lowest BCUT2D eigenvalue weighted by Gasteiger charge is -2.19. The van der Waals surface area contributed by atoms with E-state index in [9.17, 15) is 28.1 Å². The Labute approximate surface area is 201 Å². The van der Waals surface area contributed by atoms with E-state index in [0.717, 1.165) is 16.4 Å². The second kappa shape index (κ2) is 10.7. The third kappa shape index (κ3) is 5.92. The lowest BCUT2D eigenvalue weighted by molar-refractivity contribution is -0.384. The molecule has 0 saturated heterocycles. The van der Waals surface area contributed by atoms with Gasteiger partial charge in [-0.15, -0.1) is 0 Å². The van der Waals surface area contributed by atoms with Crippen LogP contribution in [0.4, 0.5) is 17.1 Å². The Morgan fingerprint density at radius 1 is 1.03 bits per heavy atom. The minimum atomic E-state index is -3.97. The number of nitrogens with zero attached hydrogens (tertiary/aromatic N) is 2. The monoisotopic (exact) mass is 499 g/mol. The zero-order chi connectivity index (χ0) is 25.6. The van der Waals surface area contributed by atoms with Crippen LogP contribution in [0, 0.1) is 10.1 Å². The number of sulfonamides is 1. The molecule has 12 heteroatoms. The number of ether oxygens (including phenoxy) is 2. The average Bonchev–Trinajstić information content (AvgIpc) is 2.87. The number of nitrogens with one attached hydrogen (secondary N) is 1. The van der Waals surface area contributed by atoms with E-state index in [1.54, 1.807) is 30.3 Å². The largest absolute Gasteiger partial charge is 0.496 e. The summed E-state index contributed by atoms with van der Waals surface area (Å²) in [6.07, 6.45) is 0. The number of methoxy groups -OCH3 is 1. The van der Waals surface area contributed by atoms with Gasteiger partial charge in [0.2, 0.25) is 0 Å². The van der Waals surface area contributed by atoms with E-state index in [1.165, 1.54) is 44.5 Å². The van der Waals surface area contributed by atoms with Crippen LogP contribution in [0.15, 0.2) is 77.7 Å². The molecule has 0 aliphatic rings. The maximum absolute atomic E-state index is 13.0. The fourth-order valence-electron chi connectivity index (χ4n) is 3.01. The first-order chi connectivity index (χ1) is 16.6. The van der Waals surface area contributed by atoms with E-state index >= 15 is 0 Å². The highest BCUT2D eigenvalue weighted by molar-refractivity contribution is 7.92. The Bertz CT molecular complexity index is 1360. The van der Waals surface area contributed by atoms with Gasteiger partial charge in [-0.25, -0.2) is 13.2 Å². The number of hydrogen-bond acceptors (Lipinski definition) is 8. The van der Waals surface area contributed by atoms with Gasteiger partial charge in [-0.1, -0.05) is 24.3 Å². The van der Waals surface area contributed by atoms with Crippen LogP contribution in [0.5, 0.6) is 5.75 Å². The van der Waals surface area contributed by atoms with Gasteiger partial charge in [-0.05, 0) is 42.5 Å². The van der Waals surface area contributed by atoms with Crippen LogP contribution in [-0.4, -0.2) is 46.0 Å². The molecule has 0 fully saturated rings. The second-order valence-corrected chi connectivity index (χ2v) is 9.07. The Morgan fingerprint density at radius 2 is 1.74 bits per heavy atom. The summed E-state index contributed by atoms with van der Waals surface area (Å²) in [5.74, 6) is -1.53. The third-order valence-corrected chi connectivity index (χ3v) is 6.64. The molecular formula is C23H21N3O8S. The maximum Gasteiger partial charge on any atom is 0.338 e. The number of nitro groups is 1. The predicted octanol–water partition coefficient (Wildman–Crippen LogP) is 3.22. The summed E-state index contributed by atoms with van der Waals surface area (Å²) in [4.78, 5) is 35.0. The summed E-state index contributed by atoms with van der Waals surface area (Å²) in [6.45, 7) is -0.747. The summed E-state index contributed by atoms with van der Waals surface area (Å²) in [5, 5.41) is 13.5. The van der Waals surface area contributed by atoms with Gasteiger partial charge < -0.3 is 14.8 Å². The van der Waals surface area contributed by atoms with E-state index in [4.69, 9.17) is 9.47 Å². The molecular weight excluding hydrogens is 478 g/mol. The van der Waals surface area contributed by atoms with Crippen LogP contribution in [0.1, 0.15) is 10.4 Å². The number of para-hydroxylation sites is 1. The Kier molecular flexibility index (Phi) is 7.66. The molecule has 0 aliphatic carbocycles. The fourth-order valence-corrected chi connectivity index (χ4v) is 4.26. The molecule has 3 rings (SSSR count). The first kappa shape index (κ1) is 25.2. The van der Waals surface area contributed by atoms with Crippen LogP contribution in [0.2, 0.25) is 0 Å². The van der Waals surface area contributed by atoms with Gasteiger partial charge in [0.25, 0.3) is 21.6 Å². The van der Waals surface area contributed by atoms with Crippen LogP contribution in [0.3, 0.4) is 0 Å². The van der Waals surface area contributed by atoms with Gasteiger partial charge in [0.15, 0.2) is 6.61 Å². The summed E-state index contributed by atoms with van der Waals surface area (Å²) in [7, 11) is -1.24. The number of amides is 1. The molecule has 0 bridgehead atoms. The molecule has 0 heterocycles. The van der Waals surface area contributed by atoms with E-state index in [1.807, 2.05) is 0 Å². The van der Waals surface area contributed by atoms with E-state index in [-0.39, 0.29) is 21.9 Å². The molecule has 0 atom stereocenters. The van der Waals surface area contributed by atoms with Crippen molar-refractivity contribution in [2.75, 3.05) is 30.4 Å². The van der Waals surface area contributed by atoms with Crippen molar-refractivity contribution in [3.05, 3.63) is 88.5 Å². The summed E-state index contributed by atoms with van der Waals surface area (Å²) in [5.41, 5.74) is -0.154. The molecule has 182 valence electrons. The van der Waals surface area contributed by atoms with Gasteiger partial charge in [-0.2, -0.15) is 0 Å². The molecule has 3 aromatic rings. The average molecular weight is 500 g/mol. The highest BCUT2D eigenvalue weighted by Gasteiger charge is 2.23. The predicted molar refractivity (Wildman–Crippen MR) is 127 cm³/mol. The molecule has 35 heavy (non-hydrogen) atoms. The molecule has 0 radical (unpaired) electrons. The van der Waals surface area contributed by atoms with Crippen LogP contribution in [-0.2, 0) is 19.6 Å². The number of hydrogen-bond donors (Lipinski definition) is 1. The molecule has 0 saturated carbocycles. The Hall–Kier alpha value is -4.45. The minimum absolute atomic E-state index is 0.0873. The smallest absolute Gasteiger partial charge is 0.338 e. The topological polar surface area (TPSA) is 145 Å². The maximum atomic E-state index is 13.0. The first-order valence-corrected chi connectivity index (χ1v) is 11.5. The van der Waals surface area contributed by atoms with Crippen molar-refractivity contribution in [3.8, 4) is 5.75 Å². The first-order valence-electron chi connectivity index (χ1n) is 10.1. The minimum Gasteiger partial charge on any atom is -0.496 e. The molecule has 0 unspecified atom stereocenters. The molecule has 0 spiro atoms. The number of esters is 1. The Balaban J connectivity index is 1.69. The molecule has 0 aromatic heterocycles. The van der Waals surface area contributed by atoms with Crippen molar-refractivity contribution in [1.29, 1.82) is 0 Å². The highest BCUT2D eigenvalue weighted by atomic mass is 32.2. The fraction of sp³-hybridized carbons (Fsp3) is 0.130. The zero-order valence-electron chi connectivity index (χ0n) is 18.7. The quantitative estimate of drug-likeness (QED) is 0.268. The van der Waals surface area contributed by atoms with Crippen molar-refractivity contribution in [2.45, 2.75) is 4.90 Å². The summed E-state index contributed by atoms with van der Waals surface area (Å²) in [6, 6.07) is 17.4. The zero-order valence-corrected chi connectivity index (χ0v) is 19.5. The third-order valence-electron chi connectivity index (χ3n) is 4.86. The standard InChI is InChI=1S/C23H21N3O8S/c1-25(17-8-4-3-5-9-17)35(31,32)19-10-6-7-16(13-19)23(28)34-15-22(27)24-20-12-11-18(33-2)14-21(20)26(29)30/h3-14H,15H2,1-2H3,(H,24,27). The SMILES string of the molecule is COc1ccc(NC(=O)COC(=O)c2cccc(S(=O)(=O)N(C)c3ccccc3)c2)c([N+](=O)[O-])c1. The van der Waals surface area contributed by atoms with Crippen molar-refractivity contribution >= 4 is 39.0 Å². The van der Waals surface area contributed by atoms with Gasteiger partial charge in [0.05, 0.1) is 34.2 Å². The molecule has 11 nitrogen and oxygen atoms in total. The number of rotatable bonds is 9. The number of nitro benzene ring substituents is 1. The van der Waals surface area contributed by atoms with Crippen molar-refractivity contribution in [3.63, 3.8) is 0 Å². The highest BCUT2D eigenvalue weighted by Crippen LogP contribution is 2.29. The van der Waals surface area contributed by atoms with Gasteiger partial charge in [-0.3, -0.25) is 19.2 Å². The molecule has 1 amide bonds. The molecule has 0 aliphatic heterocycles. The van der Waals surface area contributed by atoms with Gasteiger partial charge >= 0.3 is 5.97 Å².